The van der Waals surface area contributed by atoms with Crippen molar-refractivity contribution in [2.24, 2.45) is 5.92 Å². The van der Waals surface area contributed by atoms with Crippen LogP contribution in [0, 0.1) is 12.8 Å². The first-order valence-electron chi connectivity index (χ1n) is 12.9. The third kappa shape index (κ3) is 4.07. The molecule has 0 aromatic carbocycles. The molecule has 7 rings (SSSR count). The van der Waals surface area contributed by atoms with E-state index in [1.807, 2.05) is 36.9 Å². The van der Waals surface area contributed by atoms with Crippen molar-refractivity contribution in [1.82, 2.24) is 30.1 Å². The molecule has 6 heterocycles. The predicted molar refractivity (Wildman–Crippen MR) is 155 cm³/mol. The van der Waals surface area contributed by atoms with Crippen LogP contribution in [-0.4, -0.2) is 30.1 Å². The zero-order chi connectivity index (χ0) is 25.6. The number of pyridine rings is 3. The van der Waals surface area contributed by atoms with Gasteiger partial charge in [-0.25, -0.2) is 4.98 Å². The summed E-state index contributed by atoms with van der Waals surface area (Å²) < 4.78 is 0. The van der Waals surface area contributed by atoms with E-state index in [0.29, 0.717) is 5.92 Å². The molecule has 1 fully saturated rings. The highest BCUT2D eigenvalue weighted by atomic mass is 32.1. The van der Waals surface area contributed by atoms with E-state index >= 15 is 0 Å². The Morgan fingerprint density at radius 2 is 1.87 bits per heavy atom. The van der Waals surface area contributed by atoms with Crippen LogP contribution in [-0.2, 0) is 0 Å². The molecule has 0 spiro atoms. The van der Waals surface area contributed by atoms with Gasteiger partial charge in [0.1, 0.15) is 11.2 Å². The lowest BCUT2D eigenvalue weighted by molar-refractivity contribution is 0.649. The summed E-state index contributed by atoms with van der Waals surface area (Å²) in [5.74, 6) is 0.539. The first kappa shape index (κ1) is 22.9. The number of fused-ring (bicyclic) bond motifs is 2. The number of aryl methyl sites for hydroxylation is 1. The molecule has 8 heteroatoms. The van der Waals surface area contributed by atoms with Gasteiger partial charge in [0.2, 0.25) is 0 Å². The predicted octanol–water partition coefficient (Wildman–Crippen LogP) is 7.72. The molecule has 3 N–H and O–H groups in total. The minimum Gasteiger partial charge on any atom is -0.358 e. The van der Waals surface area contributed by atoms with Gasteiger partial charge in [-0.15, -0.1) is 11.3 Å². The van der Waals surface area contributed by atoms with E-state index in [1.165, 1.54) is 35.4 Å². The minimum atomic E-state index is 0.539. The van der Waals surface area contributed by atoms with Crippen LogP contribution in [0.25, 0.3) is 55.0 Å². The maximum atomic E-state index is 5.02. The van der Waals surface area contributed by atoms with Crippen LogP contribution >= 0.6 is 11.3 Å². The van der Waals surface area contributed by atoms with E-state index in [0.717, 1.165) is 61.5 Å². The van der Waals surface area contributed by atoms with Crippen LogP contribution in [0.15, 0.2) is 73.5 Å². The second-order valence-electron chi connectivity index (χ2n) is 10.0. The molecule has 188 valence electrons. The van der Waals surface area contributed by atoms with Gasteiger partial charge in [-0.3, -0.25) is 15.1 Å². The quantitative estimate of drug-likeness (QED) is 0.210. The van der Waals surface area contributed by atoms with E-state index in [2.05, 4.69) is 68.2 Å². The summed E-state index contributed by atoms with van der Waals surface area (Å²) in [6.07, 6.45) is 12.5. The molecule has 0 unspecified atom stereocenters. The SMILES string of the molecule is C=C(Nc1cncc(-c2ccc3[nH]nc(-c4cc5c(-c6ccc(C)s6)cncc5[nH]4)c3n2)c1)C1CCCC1. The smallest absolute Gasteiger partial charge is 0.135 e. The summed E-state index contributed by atoms with van der Waals surface area (Å²) in [6.45, 7) is 6.41. The van der Waals surface area contributed by atoms with E-state index in [4.69, 9.17) is 4.98 Å². The lowest BCUT2D eigenvalue weighted by atomic mass is 10.0. The Bertz CT molecular complexity index is 1800. The van der Waals surface area contributed by atoms with Gasteiger partial charge in [0, 0.05) is 44.4 Å². The summed E-state index contributed by atoms with van der Waals surface area (Å²) in [5.41, 5.74) is 9.27. The Hall–Kier alpha value is -4.30. The molecule has 0 amide bonds. The summed E-state index contributed by atoms with van der Waals surface area (Å²) in [5, 5.41) is 12.4. The largest absolute Gasteiger partial charge is 0.358 e. The van der Waals surface area contributed by atoms with Crippen molar-refractivity contribution in [3.8, 4) is 33.1 Å². The second-order valence-corrected chi connectivity index (χ2v) is 11.3. The number of nitrogens with zero attached hydrogens (tertiary/aromatic N) is 4. The fourth-order valence-electron chi connectivity index (χ4n) is 5.41. The standard InChI is InChI=1S/C30H27N7S/c1-17-7-10-28(38-17)23-15-32-16-27-22(23)12-26(34-27)30-29-25(36-37-30)9-8-24(35-29)20-11-21(14-31-13-20)33-18(2)19-5-3-4-6-19/h7-16,19,33-34H,2-6H2,1H3,(H,36,37). The van der Waals surface area contributed by atoms with Crippen molar-refractivity contribution in [2.75, 3.05) is 5.32 Å². The molecule has 1 aliphatic carbocycles. The van der Waals surface area contributed by atoms with E-state index < -0.39 is 0 Å². The number of H-pyrrole nitrogens is 2. The number of hydrogen-bond donors (Lipinski definition) is 3. The van der Waals surface area contributed by atoms with Crippen molar-refractivity contribution < 1.29 is 0 Å². The molecular formula is C30H27N7S. The normalized spacial score (nSPS) is 14.0. The third-order valence-electron chi connectivity index (χ3n) is 7.40. The maximum Gasteiger partial charge on any atom is 0.135 e. The Balaban J connectivity index is 1.24. The number of aromatic amines is 2. The fraction of sp³-hybridized carbons (Fsp3) is 0.200. The first-order chi connectivity index (χ1) is 18.6. The van der Waals surface area contributed by atoms with E-state index in [-0.39, 0.29) is 0 Å². The number of thiophene rings is 1. The minimum absolute atomic E-state index is 0.539. The zero-order valence-electron chi connectivity index (χ0n) is 21.1. The Labute approximate surface area is 224 Å². The molecule has 1 aliphatic rings. The average molecular weight is 518 g/mol. The number of allylic oxidation sites excluding steroid dienone is 1. The lowest BCUT2D eigenvalue weighted by Crippen LogP contribution is -2.07. The van der Waals surface area contributed by atoms with Crippen molar-refractivity contribution in [3.05, 3.63) is 78.3 Å². The van der Waals surface area contributed by atoms with Crippen molar-refractivity contribution in [3.63, 3.8) is 0 Å². The third-order valence-corrected chi connectivity index (χ3v) is 8.44. The van der Waals surface area contributed by atoms with E-state index in [9.17, 15) is 0 Å². The Morgan fingerprint density at radius 1 is 1.00 bits per heavy atom. The monoisotopic (exact) mass is 517 g/mol. The first-order valence-corrected chi connectivity index (χ1v) is 13.7. The zero-order valence-corrected chi connectivity index (χ0v) is 21.9. The van der Waals surface area contributed by atoms with Crippen molar-refractivity contribution >= 4 is 39.0 Å². The molecular weight excluding hydrogens is 490 g/mol. The van der Waals surface area contributed by atoms with Crippen LogP contribution in [0.2, 0.25) is 0 Å². The van der Waals surface area contributed by atoms with Crippen LogP contribution < -0.4 is 5.32 Å². The Kier molecular flexibility index (Phi) is 5.55. The summed E-state index contributed by atoms with van der Waals surface area (Å²) in [7, 11) is 0. The lowest BCUT2D eigenvalue weighted by Gasteiger charge is -2.15. The average Bonchev–Trinajstić information content (AvgIpc) is 3.74. The highest BCUT2D eigenvalue weighted by molar-refractivity contribution is 7.15. The van der Waals surface area contributed by atoms with Crippen molar-refractivity contribution in [1.29, 1.82) is 0 Å². The molecule has 0 saturated heterocycles. The highest BCUT2D eigenvalue weighted by Crippen LogP contribution is 2.36. The van der Waals surface area contributed by atoms with Crippen LogP contribution in [0.3, 0.4) is 0 Å². The van der Waals surface area contributed by atoms with Gasteiger partial charge in [-0.05, 0) is 62.1 Å². The molecule has 0 atom stereocenters. The fourth-order valence-corrected chi connectivity index (χ4v) is 6.30. The molecule has 1 saturated carbocycles. The van der Waals surface area contributed by atoms with Gasteiger partial charge < -0.3 is 10.3 Å². The molecule has 0 aliphatic heterocycles. The van der Waals surface area contributed by atoms with Gasteiger partial charge in [-0.1, -0.05) is 19.4 Å². The number of aromatic nitrogens is 6. The summed E-state index contributed by atoms with van der Waals surface area (Å²) in [6, 6.07) is 12.6. The van der Waals surface area contributed by atoms with Gasteiger partial charge in [0.15, 0.2) is 0 Å². The van der Waals surface area contributed by atoms with Crippen LogP contribution in [0.5, 0.6) is 0 Å². The number of rotatable bonds is 6. The van der Waals surface area contributed by atoms with Gasteiger partial charge in [-0.2, -0.15) is 5.10 Å². The topological polar surface area (TPSA) is 95.2 Å². The number of hydrogen-bond acceptors (Lipinski definition) is 6. The van der Waals surface area contributed by atoms with Gasteiger partial charge >= 0.3 is 0 Å². The van der Waals surface area contributed by atoms with Gasteiger partial charge in [0.25, 0.3) is 0 Å². The molecule has 38 heavy (non-hydrogen) atoms. The number of anilines is 1. The van der Waals surface area contributed by atoms with Gasteiger partial charge in [0.05, 0.1) is 40.5 Å². The molecule has 0 radical (unpaired) electrons. The van der Waals surface area contributed by atoms with E-state index in [1.54, 1.807) is 11.3 Å². The van der Waals surface area contributed by atoms with Crippen LogP contribution in [0.1, 0.15) is 30.6 Å². The molecule has 6 aromatic rings. The second kappa shape index (κ2) is 9.22. The molecule has 7 nitrogen and oxygen atoms in total. The molecule has 6 aromatic heterocycles. The molecule has 0 bridgehead atoms. The number of nitrogens with one attached hydrogen (secondary N) is 3. The maximum absolute atomic E-state index is 5.02. The summed E-state index contributed by atoms with van der Waals surface area (Å²) >= 11 is 1.77. The van der Waals surface area contributed by atoms with Crippen molar-refractivity contribution in [2.45, 2.75) is 32.6 Å². The van der Waals surface area contributed by atoms with Crippen LogP contribution in [0.4, 0.5) is 5.69 Å². The highest BCUT2D eigenvalue weighted by Gasteiger charge is 2.19. The Morgan fingerprint density at radius 3 is 2.71 bits per heavy atom. The summed E-state index contributed by atoms with van der Waals surface area (Å²) in [4.78, 5) is 20.0.